The van der Waals surface area contributed by atoms with Gasteiger partial charge in [-0.25, -0.2) is 4.98 Å². The summed E-state index contributed by atoms with van der Waals surface area (Å²) >= 11 is 0. The summed E-state index contributed by atoms with van der Waals surface area (Å²) < 4.78 is 1.93. The Kier molecular flexibility index (Phi) is 8.21. The van der Waals surface area contributed by atoms with Gasteiger partial charge in [-0.2, -0.15) is 0 Å². The molecule has 2 saturated heterocycles. The van der Waals surface area contributed by atoms with E-state index in [0.717, 1.165) is 30.2 Å². The molecule has 0 spiro atoms. The maximum atomic E-state index is 14.2. The van der Waals surface area contributed by atoms with Gasteiger partial charge in [-0.05, 0) is 68.9 Å². The van der Waals surface area contributed by atoms with E-state index in [1.807, 2.05) is 28.8 Å². The Labute approximate surface area is 235 Å². The van der Waals surface area contributed by atoms with Crippen LogP contribution >= 0.6 is 0 Å². The summed E-state index contributed by atoms with van der Waals surface area (Å²) in [4.78, 5) is 38.3. The Bertz CT molecular complexity index is 1280. The summed E-state index contributed by atoms with van der Waals surface area (Å²) in [6.45, 7) is -0.266. The number of carbonyl (C=O) groups is 1. The third-order valence-corrected chi connectivity index (χ3v) is 9.90. The number of nitrogens with zero attached hydrogens (tertiary/aromatic N) is 4. The van der Waals surface area contributed by atoms with Crippen molar-refractivity contribution in [3.05, 3.63) is 40.3 Å². The summed E-state index contributed by atoms with van der Waals surface area (Å²) in [7, 11) is 0. The van der Waals surface area contributed by atoms with Crippen LogP contribution in [0.2, 0.25) is 0 Å². The summed E-state index contributed by atoms with van der Waals surface area (Å²) in [5.41, 5.74) is 1.63. The van der Waals surface area contributed by atoms with Crippen LogP contribution < -0.4 is 5.56 Å². The fraction of sp³-hybridized carbons (Fsp3) is 0.677. The first-order chi connectivity index (χ1) is 19.5. The SMILES string of the molecule is O=C(O)CC/C(=N\OCCO)c1nc2ccccc2n(C2CC3CCCC(C2)N3C2CC3CCCC(C3)C2)c1=O. The van der Waals surface area contributed by atoms with Gasteiger partial charge in [-0.15, -0.1) is 0 Å². The molecule has 0 amide bonds. The summed E-state index contributed by atoms with van der Waals surface area (Å²) in [5, 5.41) is 22.5. The highest BCUT2D eigenvalue weighted by atomic mass is 16.6. The number of aliphatic hydroxyl groups is 1. The minimum Gasteiger partial charge on any atom is -0.481 e. The Morgan fingerprint density at radius 2 is 1.62 bits per heavy atom. The van der Waals surface area contributed by atoms with E-state index in [0.29, 0.717) is 23.6 Å². The molecule has 4 unspecified atom stereocenters. The van der Waals surface area contributed by atoms with Crippen molar-refractivity contribution in [2.75, 3.05) is 13.2 Å². The first kappa shape index (κ1) is 27.4. The second kappa shape index (κ2) is 12.0. The molecule has 1 aromatic heterocycles. The van der Waals surface area contributed by atoms with E-state index < -0.39 is 5.97 Å². The van der Waals surface area contributed by atoms with Gasteiger partial charge in [-0.3, -0.25) is 14.5 Å². The number of rotatable bonds is 9. The Hall–Kier alpha value is -2.78. The maximum Gasteiger partial charge on any atom is 0.303 e. The molecule has 2 N–H and O–H groups in total. The molecule has 3 heterocycles. The molecule has 4 aliphatic rings. The zero-order valence-corrected chi connectivity index (χ0v) is 23.3. The molecule has 4 atom stereocenters. The van der Waals surface area contributed by atoms with Gasteiger partial charge < -0.3 is 19.6 Å². The van der Waals surface area contributed by atoms with Crippen molar-refractivity contribution >= 4 is 22.7 Å². The lowest BCUT2D eigenvalue weighted by atomic mass is 9.68. The standard InChI is InChI=1S/C31H42N4O5/c36-13-14-40-33-27(11-12-29(37)38)30-31(39)35(28-10-2-1-9-26(28)32-30)25-18-22-7-4-8-23(19-25)34(22)24-16-20-5-3-6-21(15-20)17-24/h1-2,9-10,20-25,36H,3-8,11-19H2,(H,37,38)/b33-27+. The number of carboxylic acids is 1. The van der Waals surface area contributed by atoms with Crippen LogP contribution in [0.15, 0.2) is 34.2 Å². The predicted octanol–water partition coefficient (Wildman–Crippen LogP) is 4.50. The number of fused-ring (bicyclic) bond motifs is 5. The van der Waals surface area contributed by atoms with Crippen molar-refractivity contribution in [3.8, 4) is 0 Å². The molecular weight excluding hydrogens is 508 g/mol. The number of hydrogen-bond donors (Lipinski definition) is 2. The van der Waals surface area contributed by atoms with Gasteiger partial charge in [0.1, 0.15) is 12.3 Å². The fourth-order valence-corrected chi connectivity index (χ4v) is 8.44. The highest BCUT2D eigenvalue weighted by Gasteiger charge is 2.45. The number of para-hydroxylation sites is 2. The molecule has 40 heavy (non-hydrogen) atoms. The van der Waals surface area contributed by atoms with E-state index in [9.17, 15) is 14.7 Å². The topological polar surface area (TPSA) is 117 Å². The molecule has 2 aliphatic heterocycles. The molecule has 0 radical (unpaired) electrons. The van der Waals surface area contributed by atoms with Crippen LogP contribution in [0.3, 0.4) is 0 Å². The quantitative estimate of drug-likeness (QED) is 0.268. The van der Waals surface area contributed by atoms with Gasteiger partial charge in [-0.1, -0.05) is 43.0 Å². The number of oxime groups is 1. The number of carboxylic acid groups (broad SMARTS) is 1. The third kappa shape index (κ3) is 5.55. The average Bonchev–Trinajstić information content (AvgIpc) is 2.94. The Morgan fingerprint density at radius 1 is 0.925 bits per heavy atom. The number of aromatic nitrogens is 2. The number of aliphatic carboxylic acids is 1. The van der Waals surface area contributed by atoms with Crippen LogP contribution in [-0.4, -0.2) is 67.7 Å². The normalized spacial score (nSPS) is 30.8. The molecule has 4 fully saturated rings. The largest absolute Gasteiger partial charge is 0.481 e. The van der Waals surface area contributed by atoms with Gasteiger partial charge in [0.15, 0.2) is 5.69 Å². The summed E-state index contributed by atoms with van der Waals surface area (Å²) in [5.74, 6) is 0.798. The van der Waals surface area contributed by atoms with E-state index in [4.69, 9.17) is 9.94 Å². The summed E-state index contributed by atoms with van der Waals surface area (Å²) in [6, 6.07) is 9.41. The molecule has 216 valence electrons. The highest BCUT2D eigenvalue weighted by Crippen LogP contribution is 2.47. The molecule has 6 rings (SSSR count). The van der Waals surface area contributed by atoms with Crippen molar-refractivity contribution in [1.82, 2.24) is 14.5 Å². The van der Waals surface area contributed by atoms with Crippen molar-refractivity contribution in [2.45, 2.75) is 108 Å². The molecule has 1 aromatic carbocycles. The Morgan fingerprint density at radius 3 is 2.33 bits per heavy atom. The molecule has 9 nitrogen and oxygen atoms in total. The first-order valence-corrected chi connectivity index (χ1v) is 15.3. The fourth-order valence-electron chi connectivity index (χ4n) is 8.44. The molecular formula is C31H42N4O5. The molecule has 2 aromatic rings. The third-order valence-electron chi connectivity index (χ3n) is 9.90. The Balaban J connectivity index is 1.34. The molecule has 9 heteroatoms. The second-order valence-corrected chi connectivity index (χ2v) is 12.4. The molecule has 4 bridgehead atoms. The van der Waals surface area contributed by atoms with Gasteiger partial charge in [0.05, 0.1) is 24.1 Å². The first-order valence-electron chi connectivity index (χ1n) is 15.3. The maximum absolute atomic E-state index is 14.2. The van der Waals surface area contributed by atoms with E-state index in [-0.39, 0.29) is 49.1 Å². The zero-order valence-electron chi connectivity index (χ0n) is 23.3. The van der Waals surface area contributed by atoms with Crippen LogP contribution in [0, 0.1) is 11.8 Å². The number of hydrogen-bond acceptors (Lipinski definition) is 7. The summed E-state index contributed by atoms with van der Waals surface area (Å²) in [6.07, 6.45) is 13.6. The number of benzene rings is 1. The highest BCUT2D eigenvalue weighted by molar-refractivity contribution is 6.00. The van der Waals surface area contributed by atoms with E-state index >= 15 is 0 Å². The lowest BCUT2D eigenvalue weighted by molar-refractivity contribution is -0.136. The van der Waals surface area contributed by atoms with E-state index in [1.165, 1.54) is 57.8 Å². The van der Waals surface area contributed by atoms with Crippen LogP contribution in [0.1, 0.15) is 95.2 Å². The van der Waals surface area contributed by atoms with Crippen molar-refractivity contribution in [3.63, 3.8) is 0 Å². The van der Waals surface area contributed by atoms with Gasteiger partial charge >= 0.3 is 5.97 Å². The number of aliphatic hydroxyl groups excluding tert-OH is 1. The van der Waals surface area contributed by atoms with Gasteiger partial charge in [0, 0.05) is 30.6 Å². The predicted molar refractivity (Wildman–Crippen MR) is 152 cm³/mol. The minimum absolute atomic E-state index is 0.0229. The van der Waals surface area contributed by atoms with Crippen molar-refractivity contribution in [2.24, 2.45) is 17.0 Å². The lowest BCUT2D eigenvalue weighted by Gasteiger charge is -2.55. The monoisotopic (exact) mass is 550 g/mol. The van der Waals surface area contributed by atoms with Crippen LogP contribution in [0.5, 0.6) is 0 Å². The lowest BCUT2D eigenvalue weighted by Crippen LogP contribution is -2.58. The van der Waals surface area contributed by atoms with Gasteiger partial charge in [0.2, 0.25) is 0 Å². The zero-order chi connectivity index (χ0) is 27.6. The smallest absolute Gasteiger partial charge is 0.303 e. The van der Waals surface area contributed by atoms with Crippen LogP contribution in [0.4, 0.5) is 0 Å². The molecule has 2 aliphatic carbocycles. The number of piperidine rings is 2. The van der Waals surface area contributed by atoms with Crippen molar-refractivity contribution < 1.29 is 19.8 Å². The second-order valence-electron chi connectivity index (χ2n) is 12.4. The van der Waals surface area contributed by atoms with E-state index in [1.54, 1.807) is 0 Å². The minimum atomic E-state index is -0.983. The molecule has 2 saturated carbocycles. The van der Waals surface area contributed by atoms with Crippen LogP contribution in [-0.2, 0) is 9.63 Å². The van der Waals surface area contributed by atoms with Gasteiger partial charge in [0.25, 0.3) is 5.56 Å². The average molecular weight is 551 g/mol. The van der Waals surface area contributed by atoms with E-state index in [2.05, 4.69) is 15.0 Å². The van der Waals surface area contributed by atoms with Crippen LogP contribution in [0.25, 0.3) is 11.0 Å². The van der Waals surface area contributed by atoms with Crippen molar-refractivity contribution in [1.29, 1.82) is 0 Å².